The summed E-state index contributed by atoms with van der Waals surface area (Å²) in [5.74, 6) is 0.323. The Balaban J connectivity index is 1.94. The first kappa shape index (κ1) is 15.3. The Morgan fingerprint density at radius 2 is 2.15 bits per heavy atom. The molecule has 0 amide bonds. The Morgan fingerprint density at radius 3 is 2.80 bits per heavy atom. The van der Waals surface area contributed by atoms with Crippen molar-refractivity contribution < 1.29 is 17.5 Å². The van der Waals surface area contributed by atoms with Crippen molar-refractivity contribution in [1.82, 2.24) is 5.32 Å². The second kappa shape index (κ2) is 6.54. The highest BCUT2D eigenvalue weighted by Crippen LogP contribution is 2.23. The molecule has 2 rings (SSSR count). The smallest absolute Gasteiger partial charge is 0.153 e. The molecule has 0 saturated heterocycles. The van der Waals surface area contributed by atoms with Crippen molar-refractivity contribution >= 4 is 9.84 Å². The van der Waals surface area contributed by atoms with E-state index in [9.17, 15) is 12.8 Å². The minimum absolute atomic E-state index is 0.0175. The summed E-state index contributed by atoms with van der Waals surface area (Å²) in [4.78, 5) is 0. The first-order chi connectivity index (χ1) is 9.50. The monoisotopic (exact) mass is 301 g/mol. The molecule has 0 unspecified atom stereocenters. The predicted molar refractivity (Wildman–Crippen MR) is 76.1 cm³/mol. The van der Waals surface area contributed by atoms with Gasteiger partial charge in [0.1, 0.15) is 18.2 Å². The van der Waals surface area contributed by atoms with Crippen LogP contribution >= 0.6 is 0 Å². The van der Waals surface area contributed by atoms with E-state index in [1.165, 1.54) is 12.1 Å². The lowest BCUT2D eigenvalue weighted by Gasteiger charge is -2.12. The van der Waals surface area contributed by atoms with Gasteiger partial charge in [0.15, 0.2) is 9.84 Å². The first-order valence-electron chi connectivity index (χ1n) is 6.85. The molecular weight excluding hydrogens is 281 g/mol. The van der Waals surface area contributed by atoms with Crippen LogP contribution in [-0.4, -0.2) is 32.6 Å². The number of nitrogens with one attached hydrogen (secondary N) is 1. The summed E-state index contributed by atoms with van der Waals surface area (Å²) in [6.07, 6.45) is 2.31. The van der Waals surface area contributed by atoms with Gasteiger partial charge in [-0.2, -0.15) is 0 Å². The van der Waals surface area contributed by atoms with Crippen LogP contribution in [0, 0.1) is 5.82 Å². The van der Waals surface area contributed by atoms with Gasteiger partial charge in [-0.15, -0.1) is 0 Å². The molecule has 20 heavy (non-hydrogen) atoms. The minimum atomic E-state index is -3.04. The third-order valence-electron chi connectivity index (χ3n) is 3.27. The average molecular weight is 301 g/mol. The van der Waals surface area contributed by atoms with Crippen LogP contribution in [0.3, 0.4) is 0 Å². The molecule has 0 heterocycles. The zero-order valence-electron chi connectivity index (χ0n) is 11.6. The van der Waals surface area contributed by atoms with Crippen LogP contribution in [0.2, 0.25) is 0 Å². The molecule has 112 valence electrons. The largest absolute Gasteiger partial charge is 0.492 e. The number of hydrogen-bond acceptors (Lipinski definition) is 4. The lowest BCUT2D eigenvalue weighted by atomic mass is 10.2. The first-order valence-corrected chi connectivity index (χ1v) is 8.67. The second-order valence-corrected chi connectivity index (χ2v) is 7.46. The molecule has 0 radical (unpaired) electrons. The number of sulfone groups is 1. The molecule has 1 aliphatic carbocycles. The van der Waals surface area contributed by atoms with Gasteiger partial charge in [0.25, 0.3) is 0 Å². The zero-order chi connectivity index (χ0) is 14.6. The Hall–Kier alpha value is -1.14. The molecule has 6 heteroatoms. The number of benzene rings is 1. The number of rotatable bonds is 8. The van der Waals surface area contributed by atoms with Crippen LogP contribution in [0.1, 0.15) is 25.3 Å². The fraction of sp³-hybridized carbons (Fsp3) is 0.571. The van der Waals surface area contributed by atoms with Crippen LogP contribution in [0.15, 0.2) is 18.2 Å². The number of ether oxygens (including phenoxy) is 1. The van der Waals surface area contributed by atoms with E-state index in [0.717, 1.165) is 18.4 Å². The van der Waals surface area contributed by atoms with Gasteiger partial charge in [0.05, 0.1) is 5.75 Å². The summed E-state index contributed by atoms with van der Waals surface area (Å²) in [5.41, 5.74) is 0.728. The Labute approximate surface area is 119 Å². The van der Waals surface area contributed by atoms with Crippen molar-refractivity contribution in [2.24, 2.45) is 0 Å². The van der Waals surface area contributed by atoms with Crippen LogP contribution < -0.4 is 10.1 Å². The maximum Gasteiger partial charge on any atom is 0.153 e. The Kier molecular flexibility index (Phi) is 4.99. The van der Waals surface area contributed by atoms with E-state index in [2.05, 4.69) is 5.32 Å². The van der Waals surface area contributed by atoms with Crippen LogP contribution in [0.25, 0.3) is 0 Å². The van der Waals surface area contributed by atoms with Gasteiger partial charge in [0.2, 0.25) is 0 Å². The maximum absolute atomic E-state index is 13.3. The molecule has 4 nitrogen and oxygen atoms in total. The van der Waals surface area contributed by atoms with Gasteiger partial charge in [-0.05, 0) is 31.0 Å². The third-order valence-corrected chi connectivity index (χ3v) is 4.94. The normalized spacial score (nSPS) is 15.3. The second-order valence-electron chi connectivity index (χ2n) is 4.99. The van der Waals surface area contributed by atoms with E-state index in [1.807, 2.05) is 0 Å². The van der Waals surface area contributed by atoms with Crippen LogP contribution in [0.4, 0.5) is 4.39 Å². The highest BCUT2D eigenvalue weighted by molar-refractivity contribution is 7.91. The van der Waals surface area contributed by atoms with Crippen LogP contribution in [-0.2, 0) is 16.4 Å². The Bertz CT molecular complexity index is 556. The quantitative estimate of drug-likeness (QED) is 0.796. The van der Waals surface area contributed by atoms with E-state index in [0.29, 0.717) is 18.3 Å². The SMILES string of the molecule is CCS(=O)(=O)CCOc1ccc(F)cc1CNC1CC1. The van der Waals surface area contributed by atoms with Gasteiger partial charge in [-0.1, -0.05) is 6.92 Å². The fourth-order valence-electron chi connectivity index (χ4n) is 1.79. The molecule has 1 aromatic carbocycles. The lowest BCUT2D eigenvalue weighted by Crippen LogP contribution is -2.18. The van der Waals surface area contributed by atoms with Crippen molar-refractivity contribution in [3.63, 3.8) is 0 Å². The van der Waals surface area contributed by atoms with Crippen molar-refractivity contribution in [2.45, 2.75) is 32.4 Å². The molecule has 0 aromatic heterocycles. The van der Waals surface area contributed by atoms with Gasteiger partial charge in [-0.25, -0.2) is 12.8 Å². The molecule has 0 aliphatic heterocycles. The van der Waals surface area contributed by atoms with E-state index >= 15 is 0 Å². The molecule has 0 atom stereocenters. The molecular formula is C14H20FNO3S. The number of hydrogen-bond donors (Lipinski definition) is 1. The van der Waals surface area contributed by atoms with Crippen molar-refractivity contribution in [3.05, 3.63) is 29.6 Å². The molecule has 0 spiro atoms. The molecule has 0 bridgehead atoms. The third kappa shape index (κ3) is 4.76. The van der Waals surface area contributed by atoms with Crippen molar-refractivity contribution in [1.29, 1.82) is 0 Å². The van der Waals surface area contributed by atoms with E-state index in [4.69, 9.17) is 4.74 Å². The molecule has 1 aromatic rings. The maximum atomic E-state index is 13.3. The van der Waals surface area contributed by atoms with Gasteiger partial charge in [0, 0.05) is 23.9 Å². The van der Waals surface area contributed by atoms with Crippen molar-refractivity contribution in [2.75, 3.05) is 18.1 Å². The van der Waals surface area contributed by atoms with E-state index < -0.39 is 9.84 Å². The molecule has 1 aliphatic rings. The fourth-order valence-corrected chi connectivity index (χ4v) is 2.42. The minimum Gasteiger partial charge on any atom is -0.492 e. The highest BCUT2D eigenvalue weighted by atomic mass is 32.2. The van der Waals surface area contributed by atoms with Crippen molar-refractivity contribution in [3.8, 4) is 5.75 Å². The van der Waals surface area contributed by atoms with Gasteiger partial charge in [-0.3, -0.25) is 0 Å². The summed E-state index contributed by atoms with van der Waals surface area (Å²) in [6.45, 7) is 2.24. The molecule has 1 fully saturated rings. The summed E-state index contributed by atoms with van der Waals surface area (Å²) >= 11 is 0. The predicted octanol–water partition coefficient (Wildman–Crippen LogP) is 1.89. The van der Waals surface area contributed by atoms with Gasteiger partial charge < -0.3 is 10.1 Å². The highest BCUT2D eigenvalue weighted by Gasteiger charge is 2.20. The topological polar surface area (TPSA) is 55.4 Å². The Morgan fingerprint density at radius 1 is 1.40 bits per heavy atom. The summed E-state index contributed by atoms with van der Waals surface area (Å²) < 4.78 is 41.6. The van der Waals surface area contributed by atoms with Crippen LogP contribution in [0.5, 0.6) is 5.75 Å². The molecule has 1 N–H and O–H groups in total. The lowest BCUT2D eigenvalue weighted by molar-refractivity contribution is 0.335. The summed E-state index contributed by atoms with van der Waals surface area (Å²) in [5, 5.41) is 3.29. The average Bonchev–Trinajstić information content (AvgIpc) is 3.22. The summed E-state index contributed by atoms with van der Waals surface area (Å²) in [6, 6.07) is 4.83. The van der Waals surface area contributed by atoms with E-state index in [1.54, 1.807) is 13.0 Å². The number of halogens is 1. The standard InChI is InChI=1S/C14H20FNO3S/c1-2-20(17,18)8-7-19-14-6-3-12(15)9-11(14)10-16-13-4-5-13/h3,6,9,13,16H,2,4-5,7-8,10H2,1H3. The van der Waals surface area contributed by atoms with Gasteiger partial charge >= 0.3 is 0 Å². The zero-order valence-corrected chi connectivity index (χ0v) is 12.4. The summed E-state index contributed by atoms with van der Waals surface area (Å²) in [7, 11) is -3.04. The molecule has 1 saturated carbocycles. The van der Waals surface area contributed by atoms with E-state index in [-0.39, 0.29) is 23.9 Å².